The fourth-order valence-electron chi connectivity index (χ4n) is 2.16. The van der Waals surface area contributed by atoms with Gasteiger partial charge < -0.3 is 10.1 Å². The lowest BCUT2D eigenvalue weighted by Crippen LogP contribution is -2.38. The van der Waals surface area contributed by atoms with Gasteiger partial charge in [0.1, 0.15) is 10.6 Å². The zero-order valence-corrected chi connectivity index (χ0v) is 11.7. The Hall–Kier alpha value is -1.25. The molecule has 0 aromatic heterocycles. The molecule has 1 heterocycles. The minimum absolute atomic E-state index is 0.181. The molecule has 1 saturated heterocycles. The summed E-state index contributed by atoms with van der Waals surface area (Å²) >= 11 is 0. The van der Waals surface area contributed by atoms with Crippen LogP contribution in [-0.4, -0.2) is 45.5 Å². The van der Waals surface area contributed by atoms with E-state index in [-0.39, 0.29) is 16.7 Å². The number of alkyl halides is 2. The Morgan fingerprint density at radius 3 is 2.70 bits per heavy atom. The molecule has 1 atom stereocenters. The molecule has 0 spiro atoms. The summed E-state index contributed by atoms with van der Waals surface area (Å²) in [5, 5.41) is 3.07. The van der Waals surface area contributed by atoms with E-state index in [2.05, 4.69) is 10.1 Å². The third-order valence-corrected chi connectivity index (χ3v) is 5.22. The van der Waals surface area contributed by atoms with Crippen molar-refractivity contribution in [2.24, 2.45) is 0 Å². The minimum Gasteiger partial charge on any atom is -0.433 e. The third-order valence-electron chi connectivity index (χ3n) is 3.27. The van der Waals surface area contributed by atoms with E-state index in [0.717, 1.165) is 6.54 Å². The van der Waals surface area contributed by atoms with Crippen molar-refractivity contribution in [1.82, 2.24) is 9.62 Å². The number of hydrogen-bond acceptors (Lipinski definition) is 4. The van der Waals surface area contributed by atoms with Crippen molar-refractivity contribution in [1.29, 1.82) is 0 Å². The van der Waals surface area contributed by atoms with E-state index in [9.17, 15) is 17.2 Å². The Bertz CT molecular complexity index is 560. The molecule has 1 fully saturated rings. The number of rotatable bonds is 5. The molecular weight excluding hydrogens is 290 g/mol. The van der Waals surface area contributed by atoms with Crippen LogP contribution in [0.5, 0.6) is 5.75 Å². The molecule has 1 aliphatic rings. The second-order valence-corrected chi connectivity index (χ2v) is 6.46. The summed E-state index contributed by atoms with van der Waals surface area (Å²) in [7, 11) is -2.41. The first kappa shape index (κ1) is 15.1. The molecule has 1 aromatic rings. The summed E-state index contributed by atoms with van der Waals surface area (Å²) in [5.41, 5.74) is 0. The van der Waals surface area contributed by atoms with Crippen LogP contribution in [0.3, 0.4) is 0 Å². The third kappa shape index (κ3) is 3.08. The molecule has 0 saturated carbocycles. The Kier molecular flexibility index (Phi) is 4.56. The number of para-hydroxylation sites is 1. The first-order valence-corrected chi connectivity index (χ1v) is 7.59. The smallest absolute Gasteiger partial charge is 0.387 e. The molecule has 8 heteroatoms. The predicted octanol–water partition coefficient (Wildman–Crippen LogP) is 1.27. The number of ether oxygens (including phenoxy) is 1. The van der Waals surface area contributed by atoms with Crippen LogP contribution >= 0.6 is 0 Å². The highest BCUT2D eigenvalue weighted by Gasteiger charge is 2.32. The minimum atomic E-state index is -3.86. The number of halogens is 2. The summed E-state index contributed by atoms with van der Waals surface area (Å²) in [4.78, 5) is -0.241. The van der Waals surface area contributed by atoms with Crippen molar-refractivity contribution >= 4 is 10.0 Å². The maximum Gasteiger partial charge on any atom is 0.387 e. The van der Waals surface area contributed by atoms with E-state index < -0.39 is 16.6 Å². The van der Waals surface area contributed by atoms with E-state index in [4.69, 9.17) is 0 Å². The first-order chi connectivity index (χ1) is 9.43. The van der Waals surface area contributed by atoms with E-state index in [1.165, 1.54) is 35.6 Å². The molecule has 2 rings (SSSR count). The monoisotopic (exact) mass is 306 g/mol. The average molecular weight is 306 g/mol. The van der Waals surface area contributed by atoms with Gasteiger partial charge >= 0.3 is 6.61 Å². The normalized spacial score (nSPS) is 19.8. The highest BCUT2D eigenvalue weighted by molar-refractivity contribution is 7.89. The van der Waals surface area contributed by atoms with Gasteiger partial charge in [0, 0.05) is 19.6 Å². The quantitative estimate of drug-likeness (QED) is 0.890. The number of benzene rings is 1. The summed E-state index contributed by atoms with van der Waals surface area (Å²) in [6, 6.07) is 5.24. The summed E-state index contributed by atoms with van der Waals surface area (Å²) < 4.78 is 55.2. The molecule has 1 unspecified atom stereocenters. The number of nitrogens with zero attached hydrogens (tertiary/aromatic N) is 1. The maximum atomic E-state index is 12.5. The van der Waals surface area contributed by atoms with Crippen LogP contribution in [0.15, 0.2) is 29.2 Å². The van der Waals surface area contributed by atoms with E-state index >= 15 is 0 Å². The van der Waals surface area contributed by atoms with Gasteiger partial charge in [-0.05, 0) is 25.1 Å². The van der Waals surface area contributed by atoms with E-state index in [1.54, 1.807) is 0 Å². The molecule has 20 heavy (non-hydrogen) atoms. The lowest BCUT2D eigenvalue weighted by molar-refractivity contribution is -0.0517. The Balaban J connectivity index is 2.33. The molecule has 0 amide bonds. The molecule has 5 nitrogen and oxygen atoms in total. The SMILES string of the molecule is CN(C1CCNC1)S(=O)(=O)c1ccccc1OC(F)F. The summed E-state index contributed by atoms with van der Waals surface area (Å²) in [6.45, 7) is -1.78. The highest BCUT2D eigenvalue weighted by Crippen LogP contribution is 2.28. The van der Waals surface area contributed by atoms with E-state index in [1.807, 2.05) is 0 Å². The second kappa shape index (κ2) is 6.02. The molecule has 112 valence electrons. The summed E-state index contributed by atoms with van der Waals surface area (Å²) in [5.74, 6) is -0.333. The van der Waals surface area contributed by atoms with Gasteiger partial charge in [-0.25, -0.2) is 8.42 Å². The van der Waals surface area contributed by atoms with Crippen LogP contribution in [0.2, 0.25) is 0 Å². The predicted molar refractivity (Wildman–Crippen MR) is 69.3 cm³/mol. The van der Waals surface area contributed by atoms with Crippen LogP contribution in [0.1, 0.15) is 6.42 Å². The van der Waals surface area contributed by atoms with Crippen molar-refractivity contribution in [2.75, 3.05) is 20.1 Å². The van der Waals surface area contributed by atoms with Gasteiger partial charge in [0.05, 0.1) is 0 Å². The Morgan fingerprint density at radius 1 is 1.40 bits per heavy atom. The van der Waals surface area contributed by atoms with Crippen molar-refractivity contribution in [3.63, 3.8) is 0 Å². The number of sulfonamides is 1. The standard InChI is InChI=1S/C12H16F2N2O3S/c1-16(9-6-7-15-8-9)20(17,18)11-5-3-2-4-10(11)19-12(13)14/h2-5,9,12,15H,6-8H2,1H3. The molecule has 1 aliphatic heterocycles. The van der Waals surface area contributed by atoms with Crippen molar-refractivity contribution < 1.29 is 21.9 Å². The molecular formula is C12H16F2N2O3S. The van der Waals surface area contributed by atoms with Crippen LogP contribution in [-0.2, 0) is 10.0 Å². The van der Waals surface area contributed by atoms with Crippen LogP contribution in [0.25, 0.3) is 0 Å². The molecule has 1 aromatic carbocycles. The molecule has 0 aliphatic carbocycles. The van der Waals surface area contributed by atoms with Gasteiger partial charge in [0.15, 0.2) is 0 Å². The fourth-order valence-corrected chi connectivity index (χ4v) is 3.66. The van der Waals surface area contributed by atoms with Crippen molar-refractivity contribution in [3.8, 4) is 5.75 Å². The van der Waals surface area contributed by atoms with Gasteiger partial charge in [-0.15, -0.1) is 0 Å². The molecule has 0 radical (unpaired) electrons. The summed E-state index contributed by atoms with van der Waals surface area (Å²) in [6.07, 6.45) is 0.688. The lowest BCUT2D eigenvalue weighted by atomic mass is 10.3. The topological polar surface area (TPSA) is 58.6 Å². The zero-order chi connectivity index (χ0) is 14.8. The number of likely N-dealkylation sites (N-methyl/N-ethyl adjacent to an activating group) is 1. The molecule has 0 bridgehead atoms. The van der Waals surface area contributed by atoms with Gasteiger partial charge in [-0.2, -0.15) is 13.1 Å². The maximum absolute atomic E-state index is 12.5. The van der Waals surface area contributed by atoms with Gasteiger partial charge in [-0.1, -0.05) is 12.1 Å². The van der Waals surface area contributed by atoms with Gasteiger partial charge in [-0.3, -0.25) is 0 Å². The van der Waals surface area contributed by atoms with Gasteiger partial charge in [0.25, 0.3) is 0 Å². The highest BCUT2D eigenvalue weighted by atomic mass is 32.2. The first-order valence-electron chi connectivity index (χ1n) is 6.15. The Labute approximate surface area is 116 Å². The van der Waals surface area contributed by atoms with Crippen LogP contribution in [0.4, 0.5) is 8.78 Å². The van der Waals surface area contributed by atoms with Crippen LogP contribution < -0.4 is 10.1 Å². The lowest BCUT2D eigenvalue weighted by Gasteiger charge is -2.24. The molecule has 1 N–H and O–H groups in total. The number of nitrogens with one attached hydrogen (secondary N) is 1. The number of hydrogen-bond donors (Lipinski definition) is 1. The van der Waals surface area contributed by atoms with Crippen molar-refractivity contribution in [2.45, 2.75) is 24.0 Å². The zero-order valence-electron chi connectivity index (χ0n) is 10.9. The second-order valence-electron chi connectivity index (χ2n) is 4.49. The van der Waals surface area contributed by atoms with Crippen molar-refractivity contribution in [3.05, 3.63) is 24.3 Å². The van der Waals surface area contributed by atoms with Gasteiger partial charge in [0.2, 0.25) is 10.0 Å². The Morgan fingerprint density at radius 2 is 2.10 bits per heavy atom. The largest absolute Gasteiger partial charge is 0.433 e. The fraction of sp³-hybridized carbons (Fsp3) is 0.500. The average Bonchev–Trinajstić information content (AvgIpc) is 2.91. The van der Waals surface area contributed by atoms with Crippen LogP contribution in [0, 0.1) is 0 Å². The van der Waals surface area contributed by atoms with E-state index in [0.29, 0.717) is 13.0 Å².